The molecule has 1 aromatic heterocycles. The summed E-state index contributed by atoms with van der Waals surface area (Å²) in [7, 11) is 0. The fourth-order valence-electron chi connectivity index (χ4n) is 3.49. The second-order valence-corrected chi connectivity index (χ2v) is 6.93. The summed E-state index contributed by atoms with van der Waals surface area (Å²) in [4.78, 5) is 13.9. The van der Waals surface area contributed by atoms with E-state index in [0.29, 0.717) is 11.7 Å². The highest BCUT2D eigenvalue weighted by Gasteiger charge is 2.36. The van der Waals surface area contributed by atoms with Crippen molar-refractivity contribution >= 4 is 17.3 Å². The van der Waals surface area contributed by atoms with Gasteiger partial charge in [0.05, 0.1) is 23.3 Å². The molecular weight excluding hydrogens is 324 g/mol. The normalized spacial score (nSPS) is 26.0. The van der Waals surface area contributed by atoms with Crippen molar-refractivity contribution in [3.63, 3.8) is 0 Å². The van der Waals surface area contributed by atoms with Gasteiger partial charge in [0, 0.05) is 24.7 Å². The topological polar surface area (TPSA) is 61.0 Å². The molecule has 0 bridgehead atoms. The van der Waals surface area contributed by atoms with E-state index in [0.717, 1.165) is 13.0 Å². The molecule has 4 atom stereocenters. The first-order chi connectivity index (χ1) is 11.6. The lowest BCUT2D eigenvalue weighted by atomic mass is 9.93. The van der Waals surface area contributed by atoms with Gasteiger partial charge < -0.3 is 5.32 Å². The fourth-order valence-corrected chi connectivity index (χ4v) is 3.86. The van der Waals surface area contributed by atoms with Crippen LogP contribution in [-0.2, 0) is 0 Å². The number of hydrogen-bond acceptors (Lipinski definition) is 4. The van der Waals surface area contributed by atoms with Gasteiger partial charge >= 0.3 is 0 Å². The third-order valence-electron chi connectivity index (χ3n) is 4.87. The monoisotopic (exact) mass is 346 g/mol. The van der Waals surface area contributed by atoms with E-state index < -0.39 is 0 Å². The average Bonchev–Trinajstić information content (AvgIpc) is 2.59. The van der Waals surface area contributed by atoms with Crippen LogP contribution in [0.2, 0.25) is 0 Å². The first-order valence-electron chi connectivity index (χ1n) is 8.32. The number of piperidine rings is 1. The Hall–Kier alpha value is -1.85. The maximum absolute atomic E-state index is 11.5. The third-order valence-corrected chi connectivity index (χ3v) is 5.36. The van der Waals surface area contributed by atoms with Crippen molar-refractivity contribution in [1.29, 1.82) is 0 Å². The maximum Gasteiger partial charge on any atom is 0.266 e. The van der Waals surface area contributed by atoms with Crippen LogP contribution >= 0.6 is 11.6 Å². The minimum atomic E-state index is -0.218. The summed E-state index contributed by atoms with van der Waals surface area (Å²) < 4.78 is 0. The van der Waals surface area contributed by atoms with E-state index in [4.69, 9.17) is 11.6 Å². The standard InChI is InChI=1S/C18H23ClN4O/c1-12(14-6-4-3-5-7-14)23-9-8-16(19)18(13(23)2)21-15-10-17(24)22-20-11-15/h3-7,10-13,16,18H,8-9H2,1-2H3,(H2,21,22,24)/t12-,13?,16?,18?/m1/s1. The second-order valence-electron chi connectivity index (χ2n) is 6.37. The number of aromatic amines is 1. The Morgan fingerprint density at radius 2 is 2.12 bits per heavy atom. The Bertz CT molecular complexity index is 720. The van der Waals surface area contributed by atoms with Gasteiger partial charge in [0.25, 0.3) is 5.56 Å². The van der Waals surface area contributed by atoms with Crippen molar-refractivity contribution in [3.8, 4) is 0 Å². The molecule has 3 unspecified atom stereocenters. The number of aromatic nitrogens is 2. The molecule has 2 N–H and O–H groups in total. The number of nitrogens with zero attached hydrogens (tertiary/aromatic N) is 2. The number of anilines is 1. The van der Waals surface area contributed by atoms with Crippen molar-refractivity contribution in [1.82, 2.24) is 15.1 Å². The maximum atomic E-state index is 11.5. The average molecular weight is 347 g/mol. The van der Waals surface area contributed by atoms with E-state index in [2.05, 4.69) is 58.5 Å². The van der Waals surface area contributed by atoms with Crippen LogP contribution in [0.25, 0.3) is 0 Å². The first kappa shape index (κ1) is 17.0. The van der Waals surface area contributed by atoms with Crippen molar-refractivity contribution < 1.29 is 0 Å². The molecule has 128 valence electrons. The number of nitrogens with one attached hydrogen (secondary N) is 2. The van der Waals surface area contributed by atoms with Gasteiger partial charge in [-0.3, -0.25) is 9.69 Å². The van der Waals surface area contributed by atoms with Gasteiger partial charge in [-0.25, -0.2) is 5.10 Å². The van der Waals surface area contributed by atoms with E-state index in [1.165, 1.54) is 11.6 Å². The molecule has 1 aromatic carbocycles. The van der Waals surface area contributed by atoms with E-state index in [1.807, 2.05) is 6.07 Å². The molecule has 2 aromatic rings. The van der Waals surface area contributed by atoms with Gasteiger partial charge in [-0.05, 0) is 25.8 Å². The van der Waals surface area contributed by atoms with Gasteiger partial charge in [0.2, 0.25) is 0 Å². The Morgan fingerprint density at radius 3 is 2.83 bits per heavy atom. The van der Waals surface area contributed by atoms with Crippen LogP contribution in [0.15, 0.2) is 47.4 Å². The predicted octanol–water partition coefficient (Wildman–Crippen LogP) is 3.01. The highest BCUT2D eigenvalue weighted by molar-refractivity contribution is 6.21. The summed E-state index contributed by atoms with van der Waals surface area (Å²) in [5, 5.41) is 9.65. The molecule has 0 amide bonds. The summed E-state index contributed by atoms with van der Waals surface area (Å²) in [6.45, 7) is 5.37. The number of rotatable bonds is 4. The molecule has 24 heavy (non-hydrogen) atoms. The molecule has 0 saturated carbocycles. The zero-order chi connectivity index (χ0) is 17.1. The lowest BCUT2D eigenvalue weighted by molar-refractivity contribution is 0.106. The second kappa shape index (κ2) is 7.36. The van der Waals surface area contributed by atoms with E-state index >= 15 is 0 Å². The highest BCUT2D eigenvalue weighted by atomic mass is 35.5. The zero-order valence-electron chi connectivity index (χ0n) is 13.9. The van der Waals surface area contributed by atoms with Crippen molar-refractivity contribution in [3.05, 3.63) is 58.5 Å². The van der Waals surface area contributed by atoms with Crippen LogP contribution in [-0.4, -0.2) is 39.1 Å². The number of halogens is 1. The van der Waals surface area contributed by atoms with E-state index in [9.17, 15) is 4.79 Å². The highest BCUT2D eigenvalue weighted by Crippen LogP contribution is 2.31. The van der Waals surface area contributed by atoms with Crippen LogP contribution in [0.5, 0.6) is 0 Å². The van der Waals surface area contributed by atoms with Crippen LogP contribution in [0.3, 0.4) is 0 Å². The Labute approximate surface area is 147 Å². The first-order valence-corrected chi connectivity index (χ1v) is 8.76. The van der Waals surface area contributed by atoms with Crippen molar-refractivity contribution in [2.45, 2.75) is 43.8 Å². The van der Waals surface area contributed by atoms with Gasteiger partial charge in [0.15, 0.2) is 0 Å². The fraction of sp³-hybridized carbons (Fsp3) is 0.444. The lowest BCUT2D eigenvalue weighted by Gasteiger charge is -2.45. The Morgan fingerprint density at radius 1 is 1.38 bits per heavy atom. The Balaban J connectivity index is 1.78. The van der Waals surface area contributed by atoms with Crippen LogP contribution in [0, 0.1) is 0 Å². The van der Waals surface area contributed by atoms with Gasteiger partial charge in [-0.15, -0.1) is 11.6 Å². The lowest BCUT2D eigenvalue weighted by Crippen LogP contribution is -2.55. The molecule has 1 aliphatic heterocycles. The van der Waals surface area contributed by atoms with E-state index in [-0.39, 0.29) is 23.0 Å². The van der Waals surface area contributed by atoms with Crippen molar-refractivity contribution in [2.24, 2.45) is 0 Å². The number of alkyl halides is 1. The number of benzene rings is 1. The molecule has 0 spiro atoms. The zero-order valence-corrected chi connectivity index (χ0v) is 14.7. The quantitative estimate of drug-likeness (QED) is 0.835. The summed E-state index contributed by atoms with van der Waals surface area (Å²) in [5.41, 5.74) is 1.79. The van der Waals surface area contributed by atoms with Gasteiger partial charge in [-0.2, -0.15) is 5.10 Å². The van der Waals surface area contributed by atoms with Crippen molar-refractivity contribution in [2.75, 3.05) is 11.9 Å². The van der Waals surface area contributed by atoms with Crippen LogP contribution in [0.4, 0.5) is 5.69 Å². The third kappa shape index (κ3) is 3.62. The number of likely N-dealkylation sites (tertiary alicyclic amines) is 1. The molecule has 0 aliphatic carbocycles. The van der Waals surface area contributed by atoms with E-state index in [1.54, 1.807) is 6.20 Å². The number of hydrogen-bond donors (Lipinski definition) is 2. The summed E-state index contributed by atoms with van der Waals surface area (Å²) in [6.07, 6.45) is 2.52. The predicted molar refractivity (Wildman–Crippen MR) is 97.6 cm³/mol. The van der Waals surface area contributed by atoms with Crippen LogP contribution in [0.1, 0.15) is 31.9 Å². The molecule has 1 aliphatic rings. The molecule has 0 radical (unpaired) electrons. The molecule has 3 rings (SSSR count). The molecule has 5 nitrogen and oxygen atoms in total. The molecule has 1 saturated heterocycles. The molecule has 6 heteroatoms. The summed E-state index contributed by atoms with van der Waals surface area (Å²) in [5.74, 6) is 0. The summed E-state index contributed by atoms with van der Waals surface area (Å²) in [6, 6.07) is 12.6. The summed E-state index contributed by atoms with van der Waals surface area (Å²) >= 11 is 6.59. The molecule has 2 heterocycles. The number of H-pyrrole nitrogens is 1. The van der Waals surface area contributed by atoms with Gasteiger partial charge in [-0.1, -0.05) is 30.3 Å². The smallest absolute Gasteiger partial charge is 0.266 e. The Kier molecular flexibility index (Phi) is 5.21. The SMILES string of the molecule is CC1C(Nc2cn[nH]c(=O)c2)C(Cl)CCN1[C@H](C)c1ccccc1. The largest absolute Gasteiger partial charge is 0.378 e. The van der Waals surface area contributed by atoms with Crippen LogP contribution < -0.4 is 10.9 Å². The molecular formula is C18H23ClN4O. The minimum Gasteiger partial charge on any atom is -0.378 e. The minimum absolute atomic E-state index is 0.0125. The van der Waals surface area contributed by atoms with Gasteiger partial charge in [0.1, 0.15) is 0 Å². The molecule has 1 fully saturated rings.